The van der Waals surface area contributed by atoms with E-state index in [9.17, 15) is 13.2 Å². The molecule has 1 aromatic heterocycles. The Kier molecular flexibility index (Phi) is 4.63. The fraction of sp³-hybridized carbons (Fsp3) is 0.316. The van der Waals surface area contributed by atoms with Crippen LogP contribution >= 0.6 is 0 Å². The molecule has 0 bridgehead atoms. The summed E-state index contributed by atoms with van der Waals surface area (Å²) < 4.78 is 27.5. The zero-order valence-electron chi connectivity index (χ0n) is 15.1. The molecule has 1 unspecified atom stereocenters. The summed E-state index contributed by atoms with van der Waals surface area (Å²) in [6, 6.07) is 15.2. The SMILES string of the molecule is CC(c1ccccc1)N1CCN(S(=O)(=O)c2ccc3[nH]c(=O)[nH]c3c2)CC1. The van der Waals surface area contributed by atoms with Crippen LogP contribution in [0.3, 0.4) is 0 Å². The number of nitrogens with zero attached hydrogens (tertiary/aromatic N) is 2. The van der Waals surface area contributed by atoms with Gasteiger partial charge in [-0.05, 0) is 30.7 Å². The number of hydrogen-bond acceptors (Lipinski definition) is 4. The van der Waals surface area contributed by atoms with Crippen LogP contribution < -0.4 is 5.69 Å². The van der Waals surface area contributed by atoms with Gasteiger partial charge in [-0.2, -0.15) is 4.31 Å². The second-order valence-corrected chi connectivity index (χ2v) is 8.75. The molecule has 0 amide bonds. The molecule has 3 aromatic rings. The van der Waals surface area contributed by atoms with Gasteiger partial charge in [0.05, 0.1) is 15.9 Å². The molecule has 0 aliphatic carbocycles. The normalized spacial score (nSPS) is 18.0. The number of imidazole rings is 1. The highest BCUT2D eigenvalue weighted by Gasteiger charge is 2.30. The smallest absolute Gasteiger partial charge is 0.306 e. The van der Waals surface area contributed by atoms with E-state index in [1.54, 1.807) is 12.1 Å². The Morgan fingerprint density at radius 1 is 0.926 bits per heavy atom. The predicted octanol–water partition coefficient (Wildman–Crippen LogP) is 1.92. The molecule has 1 aliphatic rings. The first-order valence-electron chi connectivity index (χ1n) is 8.96. The molecule has 27 heavy (non-hydrogen) atoms. The summed E-state index contributed by atoms with van der Waals surface area (Å²) in [5.41, 5.74) is 1.98. The van der Waals surface area contributed by atoms with Gasteiger partial charge in [-0.15, -0.1) is 0 Å². The Bertz CT molecular complexity index is 1100. The molecule has 2 N–H and O–H groups in total. The Morgan fingerprint density at radius 3 is 2.30 bits per heavy atom. The van der Waals surface area contributed by atoms with Crippen molar-refractivity contribution in [1.29, 1.82) is 0 Å². The maximum absolute atomic E-state index is 13.0. The summed E-state index contributed by atoms with van der Waals surface area (Å²) in [5.74, 6) is 0. The molecule has 2 aromatic carbocycles. The summed E-state index contributed by atoms with van der Waals surface area (Å²) in [4.78, 5) is 19.1. The molecule has 0 saturated carbocycles. The van der Waals surface area contributed by atoms with Crippen LogP contribution in [0.2, 0.25) is 0 Å². The quantitative estimate of drug-likeness (QED) is 0.717. The summed E-state index contributed by atoms with van der Waals surface area (Å²) in [7, 11) is -3.59. The summed E-state index contributed by atoms with van der Waals surface area (Å²) in [6.07, 6.45) is 0. The lowest BCUT2D eigenvalue weighted by atomic mass is 10.1. The van der Waals surface area contributed by atoms with E-state index in [-0.39, 0.29) is 16.6 Å². The molecule has 7 nitrogen and oxygen atoms in total. The average Bonchev–Trinajstić information content (AvgIpc) is 3.07. The number of fused-ring (bicyclic) bond motifs is 1. The summed E-state index contributed by atoms with van der Waals surface area (Å²) in [5, 5.41) is 0. The first kappa shape index (κ1) is 18.0. The van der Waals surface area contributed by atoms with Crippen LogP contribution in [0.5, 0.6) is 0 Å². The standard InChI is InChI=1S/C19H22N4O3S/c1-14(15-5-3-2-4-6-15)22-9-11-23(12-10-22)27(25,26)16-7-8-17-18(13-16)21-19(24)20-17/h2-8,13-14H,9-12H2,1H3,(H2,20,21,24). The lowest BCUT2D eigenvalue weighted by molar-refractivity contribution is 0.146. The first-order chi connectivity index (χ1) is 12.9. The van der Waals surface area contributed by atoms with Gasteiger partial charge in [-0.3, -0.25) is 4.90 Å². The van der Waals surface area contributed by atoms with Gasteiger partial charge in [0.1, 0.15) is 0 Å². The third-order valence-electron chi connectivity index (χ3n) is 5.23. The number of H-pyrrole nitrogens is 2. The monoisotopic (exact) mass is 386 g/mol. The molecule has 0 spiro atoms. The highest BCUT2D eigenvalue weighted by Crippen LogP contribution is 2.25. The van der Waals surface area contributed by atoms with Gasteiger partial charge in [0, 0.05) is 32.2 Å². The van der Waals surface area contributed by atoms with E-state index < -0.39 is 10.0 Å². The molecule has 1 atom stereocenters. The minimum atomic E-state index is -3.59. The second kappa shape index (κ2) is 6.95. The molecule has 1 aliphatic heterocycles. The molecular formula is C19H22N4O3S. The number of aromatic amines is 2. The molecule has 1 saturated heterocycles. The lowest BCUT2D eigenvalue weighted by Crippen LogP contribution is -2.49. The van der Waals surface area contributed by atoms with Crippen molar-refractivity contribution in [2.24, 2.45) is 0 Å². The Hall–Kier alpha value is -2.42. The number of rotatable bonds is 4. The van der Waals surface area contributed by atoms with E-state index in [0.717, 1.165) is 0 Å². The number of nitrogens with one attached hydrogen (secondary N) is 2. The fourth-order valence-electron chi connectivity index (χ4n) is 3.59. The van der Waals surface area contributed by atoms with Crippen LogP contribution in [0.15, 0.2) is 58.2 Å². The zero-order chi connectivity index (χ0) is 19.0. The van der Waals surface area contributed by atoms with E-state index >= 15 is 0 Å². The van der Waals surface area contributed by atoms with Gasteiger partial charge in [0.15, 0.2) is 0 Å². The van der Waals surface area contributed by atoms with Crippen LogP contribution in [0.1, 0.15) is 18.5 Å². The second-order valence-electron chi connectivity index (χ2n) is 6.81. The Labute approximate surface area is 157 Å². The van der Waals surface area contributed by atoms with Crippen molar-refractivity contribution in [3.05, 3.63) is 64.6 Å². The first-order valence-corrected chi connectivity index (χ1v) is 10.4. The third kappa shape index (κ3) is 3.43. The molecule has 4 rings (SSSR count). The van der Waals surface area contributed by atoms with Crippen molar-refractivity contribution >= 4 is 21.1 Å². The maximum Gasteiger partial charge on any atom is 0.323 e. The van der Waals surface area contributed by atoms with Gasteiger partial charge in [0.25, 0.3) is 0 Å². The van der Waals surface area contributed by atoms with Crippen molar-refractivity contribution in [3.8, 4) is 0 Å². The number of sulfonamides is 1. The highest BCUT2D eigenvalue weighted by atomic mass is 32.2. The van der Waals surface area contributed by atoms with Gasteiger partial charge in [-0.25, -0.2) is 13.2 Å². The van der Waals surface area contributed by atoms with E-state index in [4.69, 9.17) is 0 Å². The van der Waals surface area contributed by atoms with Crippen molar-refractivity contribution in [1.82, 2.24) is 19.2 Å². The molecule has 8 heteroatoms. The van der Waals surface area contributed by atoms with Crippen LogP contribution in [0.25, 0.3) is 11.0 Å². The average molecular weight is 386 g/mol. The number of benzene rings is 2. The number of aromatic nitrogens is 2. The zero-order valence-corrected chi connectivity index (χ0v) is 15.9. The predicted molar refractivity (Wildman–Crippen MR) is 104 cm³/mol. The van der Waals surface area contributed by atoms with E-state index in [1.807, 2.05) is 18.2 Å². The van der Waals surface area contributed by atoms with Crippen LogP contribution in [-0.4, -0.2) is 53.8 Å². The van der Waals surface area contributed by atoms with Gasteiger partial charge in [0.2, 0.25) is 10.0 Å². The van der Waals surface area contributed by atoms with Gasteiger partial charge < -0.3 is 9.97 Å². The fourth-order valence-corrected chi connectivity index (χ4v) is 5.04. The number of piperazine rings is 1. The molecule has 1 fully saturated rings. The minimum Gasteiger partial charge on any atom is -0.306 e. The van der Waals surface area contributed by atoms with Crippen molar-refractivity contribution in [2.75, 3.05) is 26.2 Å². The van der Waals surface area contributed by atoms with E-state index in [0.29, 0.717) is 37.2 Å². The molecular weight excluding hydrogens is 364 g/mol. The van der Waals surface area contributed by atoms with Crippen molar-refractivity contribution < 1.29 is 8.42 Å². The van der Waals surface area contributed by atoms with Gasteiger partial charge >= 0.3 is 5.69 Å². The molecule has 142 valence electrons. The topological polar surface area (TPSA) is 89.3 Å². The molecule has 0 radical (unpaired) electrons. The minimum absolute atomic E-state index is 0.204. The van der Waals surface area contributed by atoms with E-state index in [1.165, 1.54) is 15.9 Å². The van der Waals surface area contributed by atoms with Crippen molar-refractivity contribution in [2.45, 2.75) is 17.9 Å². The summed E-state index contributed by atoms with van der Waals surface area (Å²) >= 11 is 0. The maximum atomic E-state index is 13.0. The van der Waals surface area contributed by atoms with Crippen LogP contribution in [0.4, 0.5) is 0 Å². The van der Waals surface area contributed by atoms with Crippen LogP contribution in [-0.2, 0) is 10.0 Å². The third-order valence-corrected chi connectivity index (χ3v) is 7.12. The Morgan fingerprint density at radius 2 is 1.59 bits per heavy atom. The number of hydrogen-bond donors (Lipinski definition) is 2. The lowest BCUT2D eigenvalue weighted by Gasteiger charge is -2.37. The summed E-state index contributed by atoms with van der Waals surface area (Å²) in [6.45, 7) is 4.40. The molecule has 2 heterocycles. The van der Waals surface area contributed by atoms with Crippen LogP contribution in [0, 0.1) is 0 Å². The largest absolute Gasteiger partial charge is 0.323 e. The van der Waals surface area contributed by atoms with E-state index in [2.05, 4.69) is 33.9 Å². The highest BCUT2D eigenvalue weighted by molar-refractivity contribution is 7.89. The van der Waals surface area contributed by atoms with Gasteiger partial charge in [-0.1, -0.05) is 30.3 Å². The van der Waals surface area contributed by atoms with Crippen molar-refractivity contribution in [3.63, 3.8) is 0 Å². The Balaban J connectivity index is 1.50.